The smallest absolute Gasteiger partial charge is 0.254 e. The van der Waals surface area contributed by atoms with Gasteiger partial charge >= 0.3 is 6.18 Å². The van der Waals surface area contributed by atoms with Crippen molar-refractivity contribution in [2.45, 2.75) is 6.18 Å². The molecular formula is C13H7F3N2S. The van der Waals surface area contributed by atoms with Crippen molar-refractivity contribution in [2.24, 2.45) is 0 Å². The Hall–Kier alpha value is -1.95. The van der Waals surface area contributed by atoms with Gasteiger partial charge in [0.05, 0.1) is 21.5 Å². The van der Waals surface area contributed by atoms with Gasteiger partial charge in [0.1, 0.15) is 5.01 Å². The summed E-state index contributed by atoms with van der Waals surface area (Å²) < 4.78 is 38.9. The lowest BCUT2D eigenvalue weighted by Crippen LogP contribution is -2.05. The van der Waals surface area contributed by atoms with E-state index in [4.69, 9.17) is 0 Å². The summed E-state index contributed by atoms with van der Waals surface area (Å²) >= 11 is 1.33. The highest BCUT2D eigenvalue weighted by atomic mass is 32.1. The monoisotopic (exact) mass is 280 g/mol. The predicted octanol–water partition coefficient (Wildman–Crippen LogP) is 4.38. The van der Waals surface area contributed by atoms with Crippen LogP contribution in [0.3, 0.4) is 0 Å². The van der Waals surface area contributed by atoms with Gasteiger partial charge in [-0.25, -0.2) is 4.98 Å². The second-order valence-electron chi connectivity index (χ2n) is 3.91. The quantitative estimate of drug-likeness (QED) is 0.661. The summed E-state index contributed by atoms with van der Waals surface area (Å²) in [6.07, 6.45) is -3.21. The molecule has 0 aliphatic rings. The highest BCUT2D eigenvalue weighted by Gasteiger charge is 2.31. The molecule has 0 atom stereocenters. The summed E-state index contributed by atoms with van der Waals surface area (Å²) in [5.74, 6) is 0. The minimum Gasteiger partial charge on any atom is -0.254 e. The van der Waals surface area contributed by atoms with Crippen molar-refractivity contribution >= 4 is 21.6 Å². The lowest BCUT2D eigenvalue weighted by molar-refractivity contribution is -0.137. The summed E-state index contributed by atoms with van der Waals surface area (Å²) in [4.78, 5) is 8.26. The van der Waals surface area contributed by atoms with Crippen LogP contribution in [0.1, 0.15) is 5.56 Å². The average Bonchev–Trinajstić information content (AvgIpc) is 2.81. The standard InChI is InChI=1S/C13H7F3N2S/c14-13(15,16)8-5-6-17-10(7-8)12-18-9-3-1-2-4-11(9)19-12/h1-7H. The summed E-state index contributed by atoms with van der Waals surface area (Å²) in [6, 6.07) is 9.39. The fourth-order valence-corrected chi connectivity index (χ4v) is 2.64. The molecule has 1 aromatic carbocycles. The van der Waals surface area contributed by atoms with Crippen LogP contribution in [0.25, 0.3) is 20.9 Å². The van der Waals surface area contributed by atoms with E-state index in [0.717, 1.165) is 28.5 Å². The summed E-state index contributed by atoms with van der Waals surface area (Å²) in [5, 5.41) is 0.493. The Bertz CT molecular complexity index is 701. The molecule has 2 heterocycles. The molecule has 19 heavy (non-hydrogen) atoms. The van der Waals surface area contributed by atoms with Gasteiger partial charge in [0, 0.05) is 6.20 Å². The highest BCUT2D eigenvalue weighted by Crippen LogP contribution is 2.33. The minimum atomic E-state index is -4.37. The highest BCUT2D eigenvalue weighted by molar-refractivity contribution is 7.21. The van der Waals surface area contributed by atoms with E-state index in [-0.39, 0.29) is 5.69 Å². The number of hydrogen-bond acceptors (Lipinski definition) is 3. The van der Waals surface area contributed by atoms with E-state index in [2.05, 4.69) is 9.97 Å². The molecule has 0 aliphatic carbocycles. The van der Waals surface area contributed by atoms with Gasteiger partial charge in [0.25, 0.3) is 0 Å². The number of rotatable bonds is 1. The zero-order valence-corrected chi connectivity index (χ0v) is 10.3. The van der Waals surface area contributed by atoms with Crippen LogP contribution < -0.4 is 0 Å². The number of nitrogens with zero attached hydrogens (tertiary/aromatic N) is 2. The molecule has 2 aromatic heterocycles. The Balaban J connectivity index is 2.11. The van der Waals surface area contributed by atoms with E-state index in [0.29, 0.717) is 5.01 Å². The molecule has 0 fully saturated rings. The van der Waals surface area contributed by atoms with Crippen LogP contribution in [0.5, 0.6) is 0 Å². The first-order valence-corrected chi connectivity index (χ1v) is 6.25. The van der Waals surface area contributed by atoms with Crippen LogP contribution in [0, 0.1) is 0 Å². The molecule has 0 saturated carbocycles. The number of para-hydroxylation sites is 1. The molecule has 2 nitrogen and oxygen atoms in total. The molecule has 0 unspecified atom stereocenters. The van der Waals surface area contributed by atoms with E-state index >= 15 is 0 Å². The Morgan fingerprint density at radius 2 is 1.84 bits per heavy atom. The van der Waals surface area contributed by atoms with Crippen molar-refractivity contribution < 1.29 is 13.2 Å². The average molecular weight is 280 g/mol. The van der Waals surface area contributed by atoms with E-state index < -0.39 is 11.7 Å². The Morgan fingerprint density at radius 1 is 1.05 bits per heavy atom. The van der Waals surface area contributed by atoms with Gasteiger partial charge in [-0.1, -0.05) is 12.1 Å². The summed E-state index contributed by atoms with van der Waals surface area (Å²) in [5.41, 5.74) is 0.300. The molecule has 6 heteroatoms. The van der Waals surface area contributed by atoms with Gasteiger partial charge in [-0.3, -0.25) is 4.98 Å². The van der Waals surface area contributed by atoms with Crippen molar-refractivity contribution in [3.63, 3.8) is 0 Å². The molecule has 3 aromatic rings. The van der Waals surface area contributed by atoms with E-state index in [1.54, 1.807) is 0 Å². The SMILES string of the molecule is FC(F)(F)c1ccnc(-c2nc3ccccc3s2)c1. The molecule has 0 amide bonds. The molecular weight excluding hydrogens is 273 g/mol. The number of aromatic nitrogens is 2. The molecule has 0 bridgehead atoms. The number of thiazole rings is 1. The molecule has 96 valence electrons. The van der Waals surface area contributed by atoms with E-state index in [9.17, 15) is 13.2 Å². The first-order chi connectivity index (χ1) is 9.04. The van der Waals surface area contributed by atoms with Crippen molar-refractivity contribution in [3.8, 4) is 10.7 Å². The minimum absolute atomic E-state index is 0.246. The second-order valence-corrected chi connectivity index (χ2v) is 4.94. The molecule has 0 aliphatic heterocycles. The van der Waals surface area contributed by atoms with Crippen LogP contribution in [-0.2, 0) is 6.18 Å². The van der Waals surface area contributed by atoms with Crippen LogP contribution in [0.2, 0.25) is 0 Å². The van der Waals surface area contributed by atoms with Crippen LogP contribution >= 0.6 is 11.3 Å². The van der Waals surface area contributed by atoms with Crippen molar-refractivity contribution in [1.82, 2.24) is 9.97 Å². The molecule has 3 rings (SSSR count). The number of benzene rings is 1. The Morgan fingerprint density at radius 3 is 2.58 bits per heavy atom. The summed E-state index contributed by atoms with van der Waals surface area (Å²) in [7, 11) is 0. The fourth-order valence-electron chi connectivity index (χ4n) is 1.71. The molecule has 0 N–H and O–H groups in total. The first kappa shape index (κ1) is 12.1. The van der Waals surface area contributed by atoms with Gasteiger partial charge in [0.2, 0.25) is 0 Å². The Labute approximate surface area is 110 Å². The van der Waals surface area contributed by atoms with Crippen molar-refractivity contribution in [3.05, 3.63) is 48.2 Å². The van der Waals surface area contributed by atoms with Gasteiger partial charge in [0.15, 0.2) is 0 Å². The number of pyridine rings is 1. The van der Waals surface area contributed by atoms with E-state index in [1.165, 1.54) is 11.3 Å². The third-order valence-electron chi connectivity index (χ3n) is 2.60. The van der Waals surface area contributed by atoms with Crippen LogP contribution in [-0.4, -0.2) is 9.97 Å². The van der Waals surface area contributed by atoms with Crippen molar-refractivity contribution in [2.75, 3.05) is 0 Å². The maximum atomic E-state index is 12.6. The molecule has 0 spiro atoms. The fraction of sp³-hybridized carbons (Fsp3) is 0.0769. The number of fused-ring (bicyclic) bond motifs is 1. The van der Waals surface area contributed by atoms with Gasteiger partial charge in [-0.05, 0) is 24.3 Å². The predicted molar refractivity (Wildman–Crippen MR) is 67.9 cm³/mol. The lowest BCUT2D eigenvalue weighted by atomic mass is 10.2. The van der Waals surface area contributed by atoms with Crippen molar-refractivity contribution in [1.29, 1.82) is 0 Å². The lowest BCUT2D eigenvalue weighted by Gasteiger charge is -2.06. The normalized spacial score (nSPS) is 11.9. The number of halogens is 3. The van der Waals surface area contributed by atoms with Gasteiger partial charge < -0.3 is 0 Å². The third-order valence-corrected chi connectivity index (χ3v) is 3.66. The number of hydrogen-bond donors (Lipinski definition) is 0. The topological polar surface area (TPSA) is 25.8 Å². The van der Waals surface area contributed by atoms with E-state index in [1.807, 2.05) is 24.3 Å². The largest absolute Gasteiger partial charge is 0.416 e. The first-order valence-electron chi connectivity index (χ1n) is 5.43. The summed E-state index contributed by atoms with van der Waals surface area (Å²) in [6.45, 7) is 0. The maximum Gasteiger partial charge on any atom is 0.416 e. The van der Waals surface area contributed by atoms with Crippen LogP contribution in [0.4, 0.5) is 13.2 Å². The maximum absolute atomic E-state index is 12.6. The van der Waals surface area contributed by atoms with Gasteiger partial charge in [-0.2, -0.15) is 13.2 Å². The third kappa shape index (κ3) is 2.31. The second kappa shape index (κ2) is 4.31. The zero-order chi connectivity index (χ0) is 13.5. The Kier molecular flexibility index (Phi) is 2.74. The molecule has 0 radical (unpaired) electrons. The number of alkyl halides is 3. The molecule has 0 saturated heterocycles. The zero-order valence-electron chi connectivity index (χ0n) is 9.48. The van der Waals surface area contributed by atoms with Crippen LogP contribution in [0.15, 0.2) is 42.6 Å². The van der Waals surface area contributed by atoms with Gasteiger partial charge in [-0.15, -0.1) is 11.3 Å².